The Balaban J connectivity index is 4.33. The molecule has 6 nitrogen and oxygen atoms in total. The maximum absolute atomic E-state index is 12.1. The second-order valence-electron chi connectivity index (χ2n) is 5.75. The number of unbranched alkanes of at least 4 members (excludes halogenated alkanes) is 2. The molecule has 3 amide bonds. The van der Waals surface area contributed by atoms with Gasteiger partial charge in [-0.25, -0.2) is 4.79 Å². The van der Waals surface area contributed by atoms with Crippen LogP contribution in [0.2, 0.25) is 0 Å². The summed E-state index contributed by atoms with van der Waals surface area (Å²) in [6.07, 6.45) is 2.98. The second-order valence-corrected chi connectivity index (χ2v) is 5.75. The van der Waals surface area contributed by atoms with E-state index in [1.54, 1.807) is 11.8 Å². The van der Waals surface area contributed by atoms with Gasteiger partial charge < -0.3 is 10.0 Å². The Hall–Kier alpha value is -1.59. The van der Waals surface area contributed by atoms with E-state index < -0.39 is 17.9 Å². The lowest BCUT2D eigenvalue weighted by Gasteiger charge is -2.26. The molecule has 0 rings (SSSR count). The van der Waals surface area contributed by atoms with Crippen LogP contribution in [0, 0.1) is 5.92 Å². The molecular formula is C15H28N2O4. The number of aliphatic carboxylic acids is 1. The van der Waals surface area contributed by atoms with Crippen LogP contribution in [0.4, 0.5) is 4.79 Å². The first-order valence-electron chi connectivity index (χ1n) is 7.60. The molecule has 0 aliphatic rings. The van der Waals surface area contributed by atoms with Gasteiger partial charge in [0.1, 0.15) is 0 Å². The first-order chi connectivity index (χ1) is 9.77. The Morgan fingerprint density at radius 3 is 2.19 bits per heavy atom. The van der Waals surface area contributed by atoms with Crippen LogP contribution in [0.1, 0.15) is 59.8 Å². The zero-order chi connectivity index (χ0) is 16.4. The van der Waals surface area contributed by atoms with Crippen LogP contribution >= 0.6 is 0 Å². The van der Waals surface area contributed by atoms with Crippen molar-refractivity contribution >= 4 is 17.9 Å². The SMILES string of the molecule is CCCCCN(C(=O)NC(=O)CC(C)CC(=O)O)C(C)C. The highest BCUT2D eigenvalue weighted by molar-refractivity contribution is 5.94. The van der Waals surface area contributed by atoms with Crippen molar-refractivity contribution in [2.45, 2.75) is 65.8 Å². The lowest BCUT2D eigenvalue weighted by Crippen LogP contribution is -2.46. The molecule has 0 saturated heterocycles. The lowest BCUT2D eigenvalue weighted by molar-refractivity contribution is -0.138. The molecule has 0 heterocycles. The van der Waals surface area contributed by atoms with E-state index in [1.165, 1.54) is 0 Å². The normalized spacial score (nSPS) is 12.0. The van der Waals surface area contributed by atoms with Crippen molar-refractivity contribution < 1.29 is 19.5 Å². The first-order valence-corrected chi connectivity index (χ1v) is 7.60. The lowest BCUT2D eigenvalue weighted by atomic mass is 10.0. The minimum atomic E-state index is -0.940. The molecule has 0 saturated carbocycles. The van der Waals surface area contributed by atoms with E-state index in [0.717, 1.165) is 19.3 Å². The molecule has 1 atom stereocenters. The summed E-state index contributed by atoms with van der Waals surface area (Å²) >= 11 is 0. The van der Waals surface area contributed by atoms with Gasteiger partial charge in [-0.3, -0.25) is 14.9 Å². The van der Waals surface area contributed by atoms with Gasteiger partial charge in [0.05, 0.1) is 0 Å². The van der Waals surface area contributed by atoms with Crippen molar-refractivity contribution in [1.82, 2.24) is 10.2 Å². The predicted octanol–water partition coefficient (Wildman–Crippen LogP) is 2.62. The molecule has 122 valence electrons. The molecule has 0 aromatic carbocycles. The second kappa shape index (κ2) is 10.2. The summed E-state index contributed by atoms with van der Waals surface area (Å²) in [5.41, 5.74) is 0. The molecule has 1 unspecified atom stereocenters. The number of nitrogens with zero attached hydrogens (tertiary/aromatic N) is 1. The summed E-state index contributed by atoms with van der Waals surface area (Å²) < 4.78 is 0. The third kappa shape index (κ3) is 9.05. The van der Waals surface area contributed by atoms with E-state index in [-0.39, 0.29) is 24.8 Å². The topological polar surface area (TPSA) is 86.7 Å². The van der Waals surface area contributed by atoms with Crippen molar-refractivity contribution in [2.24, 2.45) is 5.92 Å². The van der Waals surface area contributed by atoms with Crippen LogP contribution in [-0.4, -0.2) is 40.5 Å². The highest BCUT2D eigenvalue weighted by Gasteiger charge is 2.20. The van der Waals surface area contributed by atoms with E-state index in [0.29, 0.717) is 6.54 Å². The van der Waals surface area contributed by atoms with Crippen molar-refractivity contribution in [3.63, 3.8) is 0 Å². The Labute approximate surface area is 126 Å². The largest absolute Gasteiger partial charge is 0.481 e. The molecule has 0 aliphatic heterocycles. The summed E-state index contributed by atoms with van der Waals surface area (Å²) in [6.45, 7) is 8.20. The summed E-state index contributed by atoms with van der Waals surface area (Å²) in [5.74, 6) is -1.65. The van der Waals surface area contributed by atoms with Gasteiger partial charge in [0.25, 0.3) is 0 Å². The fourth-order valence-corrected chi connectivity index (χ4v) is 2.06. The summed E-state index contributed by atoms with van der Waals surface area (Å²) in [6, 6.07) is -0.375. The predicted molar refractivity (Wildman–Crippen MR) is 80.9 cm³/mol. The van der Waals surface area contributed by atoms with Gasteiger partial charge in [0, 0.05) is 25.4 Å². The molecule has 0 spiro atoms. The Morgan fingerprint density at radius 2 is 1.71 bits per heavy atom. The number of carboxylic acids is 1. The summed E-state index contributed by atoms with van der Waals surface area (Å²) in [7, 11) is 0. The van der Waals surface area contributed by atoms with Crippen LogP contribution in [0.25, 0.3) is 0 Å². The molecule has 2 N–H and O–H groups in total. The van der Waals surface area contributed by atoms with Crippen LogP contribution in [-0.2, 0) is 9.59 Å². The Kier molecular flexibility index (Phi) is 9.41. The molecule has 0 aromatic heterocycles. The molecular weight excluding hydrogens is 272 g/mol. The number of carbonyl (C=O) groups excluding carboxylic acids is 2. The van der Waals surface area contributed by atoms with Gasteiger partial charge in [-0.15, -0.1) is 0 Å². The van der Waals surface area contributed by atoms with Gasteiger partial charge in [-0.05, 0) is 26.2 Å². The number of carbonyl (C=O) groups is 3. The van der Waals surface area contributed by atoms with E-state index in [4.69, 9.17) is 5.11 Å². The number of nitrogens with one attached hydrogen (secondary N) is 1. The standard InChI is InChI=1S/C15H28N2O4/c1-5-6-7-8-17(11(2)3)15(21)16-13(18)9-12(4)10-14(19)20/h11-12H,5-10H2,1-4H3,(H,19,20)(H,16,18,21). The van der Waals surface area contributed by atoms with Crippen LogP contribution in [0.5, 0.6) is 0 Å². The van der Waals surface area contributed by atoms with Crippen LogP contribution in [0.15, 0.2) is 0 Å². The highest BCUT2D eigenvalue weighted by Crippen LogP contribution is 2.08. The maximum atomic E-state index is 12.1. The number of amides is 3. The number of rotatable bonds is 9. The zero-order valence-corrected chi connectivity index (χ0v) is 13.5. The third-order valence-electron chi connectivity index (χ3n) is 3.19. The zero-order valence-electron chi connectivity index (χ0n) is 13.5. The van der Waals surface area contributed by atoms with Crippen molar-refractivity contribution in [3.05, 3.63) is 0 Å². The molecule has 21 heavy (non-hydrogen) atoms. The minimum Gasteiger partial charge on any atom is -0.481 e. The van der Waals surface area contributed by atoms with E-state index in [1.807, 2.05) is 13.8 Å². The van der Waals surface area contributed by atoms with Gasteiger partial charge >= 0.3 is 12.0 Å². The number of carboxylic acid groups (broad SMARTS) is 1. The fourth-order valence-electron chi connectivity index (χ4n) is 2.06. The third-order valence-corrected chi connectivity index (χ3v) is 3.19. The summed E-state index contributed by atoms with van der Waals surface area (Å²) in [5, 5.41) is 11.0. The van der Waals surface area contributed by atoms with Crippen molar-refractivity contribution in [2.75, 3.05) is 6.54 Å². The van der Waals surface area contributed by atoms with E-state index in [2.05, 4.69) is 12.2 Å². The quantitative estimate of drug-likeness (QED) is 0.641. The fraction of sp³-hybridized carbons (Fsp3) is 0.800. The molecule has 0 fully saturated rings. The Bertz CT molecular complexity index is 356. The number of hydrogen-bond donors (Lipinski definition) is 2. The van der Waals surface area contributed by atoms with E-state index in [9.17, 15) is 14.4 Å². The van der Waals surface area contributed by atoms with Crippen LogP contribution < -0.4 is 5.32 Å². The smallest absolute Gasteiger partial charge is 0.324 e. The number of urea groups is 1. The van der Waals surface area contributed by atoms with Gasteiger partial charge in [-0.2, -0.15) is 0 Å². The average Bonchev–Trinajstić information content (AvgIpc) is 2.32. The average molecular weight is 300 g/mol. The number of imide groups is 1. The van der Waals surface area contributed by atoms with Crippen LogP contribution in [0.3, 0.4) is 0 Å². The van der Waals surface area contributed by atoms with Crippen molar-refractivity contribution in [3.8, 4) is 0 Å². The molecule has 0 aromatic rings. The summed E-state index contributed by atoms with van der Waals surface area (Å²) in [4.78, 5) is 36.0. The molecule has 0 aliphatic carbocycles. The minimum absolute atomic E-state index is 0.0195. The van der Waals surface area contributed by atoms with Gasteiger partial charge in [-0.1, -0.05) is 26.7 Å². The maximum Gasteiger partial charge on any atom is 0.324 e. The number of hydrogen-bond acceptors (Lipinski definition) is 3. The van der Waals surface area contributed by atoms with Gasteiger partial charge in [0.2, 0.25) is 5.91 Å². The Morgan fingerprint density at radius 1 is 1.10 bits per heavy atom. The first kappa shape index (κ1) is 19.4. The molecule has 0 radical (unpaired) electrons. The van der Waals surface area contributed by atoms with E-state index >= 15 is 0 Å². The monoisotopic (exact) mass is 300 g/mol. The molecule has 0 bridgehead atoms. The van der Waals surface area contributed by atoms with Gasteiger partial charge in [0.15, 0.2) is 0 Å². The molecule has 6 heteroatoms. The van der Waals surface area contributed by atoms with Crippen molar-refractivity contribution in [1.29, 1.82) is 0 Å². The highest BCUT2D eigenvalue weighted by atomic mass is 16.4.